The van der Waals surface area contributed by atoms with E-state index in [9.17, 15) is 13.2 Å². The first kappa shape index (κ1) is 18.4. The number of sulfonamides is 1. The molecule has 138 valence electrons. The molecular formula is C19H23N3O3S. The van der Waals surface area contributed by atoms with Gasteiger partial charge in [-0.3, -0.25) is 9.52 Å². The van der Waals surface area contributed by atoms with Crippen molar-refractivity contribution in [1.29, 1.82) is 0 Å². The zero-order valence-electron chi connectivity index (χ0n) is 14.6. The number of hydrogen-bond donors (Lipinski definition) is 2. The topological polar surface area (TPSA) is 92.5 Å². The van der Waals surface area contributed by atoms with Crippen LogP contribution in [0.3, 0.4) is 0 Å². The van der Waals surface area contributed by atoms with Gasteiger partial charge in [0.15, 0.2) is 0 Å². The predicted octanol–water partition coefficient (Wildman–Crippen LogP) is 1.87. The van der Waals surface area contributed by atoms with Crippen molar-refractivity contribution in [3.05, 3.63) is 65.7 Å². The lowest BCUT2D eigenvalue weighted by Crippen LogP contribution is -2.30. The van der Waals surface area contributed by atoms with Crippen LogP contribution in [0.4, 0.5) is 5.69 Å². The Morgan fingerprint density at radius 1 is 1.12 bits per heavy atom. The smallest absolute Gasteiger partial charge is 0.256 e. The fraction of sp³-hybridized carbons (Fsp3) is 0.316. The van der Waals surface area contributed by atoms with Crippen LogP contribution in [-0.4, -0.2) is 45.1 Å². The van der Waals surface area contributed by atoms with Gasteiger partial charge in [-0.25, -0.2) is 8.42 Å². The van der Waals surface area contributed by atoms with Gasteiger partial charge < -0.3 is 10.6 Å². The molecule has 2 atom stereocenters. The van der Waals surface area contributed by atoms with Crippen molar-refractivity contribution in [2.24, 2.45) is 11.7 Å². The Balaban J connectivity index is 1.85. The molecule has 0 spiro atoms. The molecule has 1 aliphatic rings. The quantitative estimate of drug-likeness (QED) is 0.837. The minimum absolute atomic E-state index is 0.177. The third-order valence-corrected chi connectivity index (χ3v) is 5.30. The van der Waals surface area contributed by atoms with E-state index in [-0.39, 0.29) is 17.7 Å². The SMILES string of the molecule is CS(=O)(=O)Nc1ccccc1C(=O)N1C[C@@H](CN)[C@H](c2ccccc2)C1. The molecule has 3 N–H and O–H groups in total. The molecule has 3 rings (SSSR count). The Bertz CT molecular complexity index is 884. The van der Waals surface area contributed by atoms with Crippen LogP contribution in [-0.2, 0) is 10.0 Å². The molecule has 2 aromatic carbocycles. The van der Waals surface area contributed by atoms with Gasteiger partial charge in [0.2, 0.25) is 10.0 Å². The number of carbonyl (C=O) groups excluding carboxylic acids is 1. The molecule has 1 amide bonds. The van der Waals surface area contributed by atoms with Gasteiger partial charge in [-0.2, -0.15) is 0 Å². The van der Waals surface area contributed by atoms with E-state index < -0.39 is 10.0 Å². The molecule has 1 fully saturated rings. The van der Waals surface area contributed by atoms with E-state index in [2.05, 4.69) is 16.9 Å². The van der Waals surface area contributed by atoms with E-state index in [1.54, 1.807) is 29.2 Å². The summed E-state index contributed by atoms with van der Waals surface area (Å²) >= 11 is 0. The first-order valence-corrected chi connectivity index (χ1v) is 10.4. The number of nitrogens with one attached hydrogen (secondary N) is 1. The Morgan fingerprint density at radius 3 is 2.42 bits per heavy atom. The number of benzene rings is 2. The van der Waals surface area contributed by atoms with E-state index >= 15 is 0 Å². The Kier molecular flexibility index (Phi) is 5.29. The maximum Gasteiger partial charge on any atom is 0.256 e. The molecule has 0 bridgehead atoms. The zero-order chi connectivity index (χ0) is 18.7. The van der Waals surface area contributed by atoms with E-state index in [0.29, 0.717) is 30.9 Å². The van der Waals surface area contributed by atoms with E-state index in [1.165, 1.54) is 5.56 Å². The van der Waals surface area contributed by atoms with Crippen LogP contribution in [0.1, 0.15) is 21.8 Å². The van der Waals surface area contributed by atoms with Crippen LogP contribution in [0.2, 0.25) is 0 Å². The summed E-state index contributed by atoms with van der Waals surface area (Å²) in [5, 5.41) is 0. The second kappa shape index (κ2) is 7.47. The second-order valence-corrected chi connectivity index (χ2v) is 8.39. The summed E-state index contributed by atoms with van der Waals surface area (Å²) in [6, 6.07) is 16.7. The number of rotatable bonds is 5. The van der Waals surface area contributed by atoms with E-state index in [4.69, 9.17) is 5.73 Å². The molecule has 0 saturated carbocycles. The number of para-hydroxylation sites is 1. The van der Waals surface area contributed by atoms with Crippen molar-refractivity contribution in [3.8, 4) is 0 Å². The average molecular weight is 373 g/mol. The molecule has 1 saturated heterocycles. The van der Waals surface area contributed by atoms with Crippen molar-refractivity contribution in [2.45, 2.75) is 5.92 Å². The number of likely N-dealkylation sites (tertiary alicyclic amines) is 1. The molecular weight excluding hydrogens is 350 g/mol. The standard InChI is InChI=1S/C19H23N3O3S/c1-26(24,25)21-18-10-6-5-9-16(18)19(23)22-12-15(11-20)17(13-22)14-7-3-2-4-8-14/h2-10,15,17,21H,11-13,20H2,1H3/t15-,17+/m1/s1. The lowest BCUT2D eigenvalue weighted by atomic mass is 9.89. The highest BCUT2D eigenvalue weighted by Gasteiger charge is 2.36. The Morgan fingerprint density at radius 2 is 1.77 bits per heavy atom. The Labute approximate surface area is 154 Å². The summed E-state index contributed by atoms with van der Waals surface area (Å²) in [6.45, 7) is 1.62. The molecule has 0 radical (unpaired) electrons. The van der Waals surface area contributed by atoms with Gasteiger partial charge in [0, 0.05) is 19.0 Å². The largest absolute Gasteiger partial charge is 0.338 e. The normalized spacial score (nSPS) is 20.2. The fourth-order valence-electron chi connectivity index (χ4n) is 3.48. The van der Waals surface area contributed by atoms with Crippen molar-refractivity contribution >= 4 is 21.6 Å². The number of nitrogens with zero attached hydrogens (tertiary/aromatic N) is 1. The van der Waals surface area contributed by atoms with Crippen molar-refractivity contribution in [3.63, 3.8) is 0 Å². The maximum atomic E-state index is 13.0. The minimum atomic E-state index is -3.47. The average Bonchev–Trinajstić information content (AvgIpc) is 3.05. The van der Waals surface area contributed by atoms with Crippen LogP contribution in [0.25, 0.3) is 0 Å². The third kappa shape index (κ3) is 4.05. The van der Waals surface area contributed by atoms with Crippen molar-refractivity contribution < 1.29 is 13.2 Å². The van der Waals surface area contributed by atoms with Gasteiger partial charge in [-0.15, -0.1) is 0 Å². The minimum Gasteiger partial charge on any atom is -0.338 e. The number of anilines is 1. The van der Waals surface area contributed by atoms with E-state index in [1.807, 2.05) is 18.2 Å². The molecule has 2 aromatic rings. The highest BCUT2D eigenvalue weighted by atomic mass is 32.2. The number of carbonyl (C=O) groups is 1. The van der Waals surface area contributed by atoms with Crippen LogP contribution >= 0.6 is 0 Å². The first-order valence-electron chi connectivity index (χ1n) is 8.50. The molecule has 1 heterocycles. The third-order valence-electron chi connectivity index (χ3n) is 4.71. The summed E-state index contributed by atoms with van der Waals surface area (Å²) in [4.78, 5) is 14.8. The number of nitrogens with two attached hydrogens (primary N) is 1. The lowest BCUT2D eigenvalue weighted by Gasteiger charge is -2.19. The highest BCUT2D eigenvalue weighted by Crippen LogP contribution is 2.33. The fourth-order valence-corrected chi connectivity index (χ4v) is 4.06. The maximum absolute atomic E-state index is 13.0. The first-order chi connectivity index (χ1) is 12.4. The molecule has 0 unspecified atom stereocenters. The van der Waals surface area contributed by atoms with Gasteiger partial charge in [-0.1, -0.05) is 42.5 Å². The number of amides is 1. The summed E-state index contributed by atoms with van der Waals surface area (Å²) in [7, 11) is -3.47. The van der Waals surface area contributed by atoms with Gasteiger partial charge in [-0.05, 0) is 30.2 Å². The van der Waals surface area contributed by atoms with Gasteiger partial charge in [0.05, 0.1) is 17.5 Å². The summed E-state index contributed by atoms with van der Waals surface area (Å²) in [6.07, 6.45) is 1.07. The molecule has 26 heavy (non-hydrogen) atoms. The molecule has 6 nitrogen and oxygen atoms in total. The highest BCUT2D eigenvalue weighted by molar-refractivity contribution is 7.92. The zero-order valence-corrected chi connectivity index (χ0v) is 15.4. The molecule has 0 aromatic heterocycles. The van der Waals surface area contributed by atoms with Crippen molar-refractivity contribution in [2.75, 3.05) is 30.6 Å². The molecule has 7 heteroatoms. The van der Waals surface area contributed by atoms with Gasteiger partial charge in [0.25, 0.3) is 5.91 Å². The van der Waals surface area contributed by atoms with Crippen LogP contribution < -0.4 is 10.5 Å². The monoisotopic (exact) mass is 373 g/mol. The molecule has 1 aliphatic heterocycles. The predicted molar refractivity (Wildman–Crippen MR) is 103 cm³/mol. The van der Waals surface area contributed by atoms with Gasteiger partial charge >= 0.3 is 0 Å². The van der Waals surface area contributed by atoms with Gasteiger partial charge in [0.1, 0.15) is 0 Å². The summed E-state index contributed by atoms with van der Waals surface area (Å²) in [5.74, 6) is 0.171. The van der Waals surface area contributed by atoms with Crippen LogP contribution in [0, 0.1) is 5.92 Å². The second-order valence-electron chi connectivity index (χ2n) is 6.64. The van der Waals surface area contributed by atoms with Crippen LogP contribution in [0.5, 0.6) is 0 Å². The number of hydrogen-bond acceptors (Lipinski definition) is 4. The summed E-state index contributed by atoms with van der Waals surface area (Å²) in [5.41, 5.74) is 7.76. The van der Waals surface area contributed by atoms with Crippen LogP contribution in [0.15, 0.2) is 54.6 Å². The van der Waals surface area contributed by atoms with Crippen molar-refractivity contribution in [1.82, 2.24) is 4.90 Å². The summed E-state index contributed by atoms with van der Waals surface area (Å²) < 4.78 is 25.6. The van der Waals surface area contributed by atoms with E-state index in [0.717, 1.165) is 6.26 Å². The Hall–Kier alpha value is -2.38. The lowest BCUT2D eigenvalue weighted by molar-refractivity contribution is 0.0787. The molecule has 0 aliphatic carbocycles.